The van der Waals surface area contributed by atoms with Crippen LogP contribution >= 0.6 is 23.5 Å². The monoisotopic (exact) mass is 1120 g/mol. The third-order valence-electron chi connectivity index (χ3n) is 17.5. The van der Waals surface area contributed by atoms with Gasteiger partial charge in [0.2, 0.25) is 13.4 Å². The van der Waals surface area contributed by atoms with Crippen molar-refractivity contribution in [3.8, 4) is 44.5 Å². The Kier molecular flexibility index (Phi) is 12.0. The van der Waals surface area contributed by atoms with Crippen LogP contribution in [0.25, 0.3) is 44.5 Å². The molecular weight excluding hydrogens is 1060 g/mol. The molecule has 13 aromatic carbocycles. The molecule has 7 heteroatoms. The number of benzene rings is 13. The van der Waals surface area contributed by atoms with E-state index in [1.807, 2.05) is 23.5 Å². The first-order chi connectivity index (χ1) is 42.2. The van der Waals surface area contributed by atoms with Gasteiger partial charge < -0.3 is 14.7 Å². The Balaban J connectivity index is 0.949. The molecule has 396 valence electrons. The Morgan fingerprint density at radius 2 is 0.718 bits per heavy atom. The van der Waals surface area contributed by atoms with Crippen molar-refractivity contribution < 1.29 is 0 Å². The fourth-order valence-corrected chi connectivity index (χ4v) is 16.3. The van der Waals surface area contributed by atoms with E-state index in [1.165, 1.54) is 125 Å². The Labute approximate surface area is 505 Å². The van der Waals surface area contributed by atoms with Crippen LogP contribution in [-0.4, -0.2) is 13.4 Å². The van der Waals surface area contributed by atoms with E-state index in [-0.39, 0.29) is 13.4 Å². The lowest BCUT2D eigenvalue weighted by Crippen LogP contribution is -2.64. The molecule has 0 bridgehead atoms. The second-order valence-corrected chi connectivity index (χ2v) is 24.4. The summed E-state index contributed by atoms with van der Waals surface area (Å²) >= 11 is 3.84. The van der Waals surface area contributed by atoms with Crippen molar-refractivity contribution in [2.75, 3.05) is 14.7 Å². The number of fused-ring (bicyclic) bond motifs is 8. The smallest absolute Gasteiger partial charge is 0.249 e. The largest absolute Gasteiger partial charge is 0.311 e. The first kappa shape index (κ1) is 49.7. The van der Waals surface area contributed by atoms with Gasteiger partial charge in [-0.1, -0.05) is 271 Å². The summed E-state index contributed by atoms with van der Waals surface area (Å²) in [4.78, 5) is 12.8. The molecule has 0 spiro atoms. The van der Waals surface area contributed by atoms with Gasteiger partial charge in [-0.05, 0) is 122 Å². The summed E-state index contributed by atoms with van der Waals surface area (Å²) in [6, 6.07) is 115. The van der Waals surface area contributed by atoms with Gasteiger partial charge in [-0.2, -0.15) is 0 Å². The quantitative estimate of drug-likeness (QED) is 0.133. The van der Waals surface area contributed by atoms with E-state index in [9.17, 15) is 0 Å². The molecule has 13 aromatic rings. The number of hydrogen-bond acceptors (Lipinski definition) is 5. The average molecular weight is 1120 g/mol. The van der Waals surface area contributed by atoms with Crippen molar-refractivity contribution in [3.63, 3.8) is 0 Å². The van der Waals surface area contributed by atoms with Gasteiger partial charge in [-0.3, -0.25) is 0 Å². The second kappa shape index (κ2) is 20.5. The van der Waals surface area contributed by atoms with Crippen molar-refractivity contribution in [2.24, 2.45) is 0 Å². The van der Waals surface area contributed by atoms with E-state index in [2.05, 4.69) is 324 Å². The van der Waals surface area contributed by atoms with Crippen molar-refractivity contribution in [1.29, 1.82) is 0 Å². The molecule has 17 rings (SSSR count). The lowest BCUT2D eigenvalue weighted by atomic mass is 9.31. The molecule has 0 amide bonds. The van der Waals surface area contributed by atoms with Gasteiger partial charge in [0, 0.05) is 76.1 Å². The van der Waals surface area contributed by atoms with Crippen molar-refractivity contribution in [3.05, 3.63) is 309 Å². The molecule has 0 N–H and O–H groups in total. The maximum Gasteiger partial charge on any atom is 0.249 e. The number of anilines is 9. The molecule has 0 unspecified atom stereocenters. The fraction of sp³-hybridized carbons (Fsp3) is 0. The molecule has 0 atom stereocenters. The van der Waals surface area contributed by atoms with Crippen molar-refractivity contribution in [1.82, 2.24) is 0 Å². The van der Waals surface area contributed by atoms with Crippen LogP contribution in [0.15, 0.2) is 329 Å². The molecule has 4 aliphatic heterocycles. The van der Waals surface area contributed by atoms with Crippen LogP contribution in [0, 0.1) is 0 Å². The fourth-order valence-electron chi connectivity index (χ4n) is 13.9. The van der Waals surface area contributed by atoms with Gasteiger partial charge in [-0.25, -0.2) is 0 Å². The van der Waals surface area contributed by atoms with Gasteiger partial charge in [0.1, 0.15) is 0 Å². The van der Waals surface area contributed by atoms with Gasteiger partial charge in [0.25, 0.3) is 0 Å². The maximum absolute atomic E-state index is 2.65. The highest BCUT2D eigenvalue weighted by atomic mass is 32.2. The lowest BCUT2D eigenvalue weighted by molar-refractivity contribution is 1.22. The highest BCUT2D eigenvalue weighted by Gasteiger charge is 2.47. The van der Waals surface area contributed by atoms with Crippen LogP contribution in [0.3, 0.4) is 0 Å². The predicted molar refractivity (Wildman–Crippen MR) is 363 cm³/mol. The van der Waals surface area contributed by atoms with Gasteiger partial charge in [0.05, 0.1) is 11.4 Å². The summed E-state index contributed by atoms with van der Waals surface area (Å²) in [6.07, 6.45) is 0. The van der Waals surface area contributed by atoms with Gasteiger partial charge >= 0.3 is 0 Å². The zero-order valence-electron chi connectivity index (χ0n) is 46.3. The predicted octanol–water partition coefficient (Wildman–Crippen LogP) is 17.4. The Morgan fingerprint density at radius 1 is 0.247 bits per heavy atom. The van der Waals surface area contributed by atoms with Crippen molar-refractivity contribution >= 4 is 121 Å². The summed E-state index contributed by atoms with van der Waals surface area (Å²) < 4.78 is 0. The Bertz CT molecular complexity index is 4640. The van der Waals surface area contributed by atoms with Crippen LogP contribution in [0.5, 0.6) is 0 Å². The second-order valence-electron chi connectivity index (χ2n) is 22.3. The first-order valence-electron chi connectivity index (χ1n) is 29.2. The van der Waals surface area contributed by atoms with Gasteiger partial charge in [0.15, 0.2) is 0 Å². The Hall–Kier alpha value is -9.91. The van der Waals surface area contributed by atoms with E-state index in [4.69, 9.17) is 0 Å². The maximum atomic E-state index is 2.65. The molecule has 4 heterocycles. The SMILES string of the molecule is c1ccc(-c2cc3c4c(c2)N(c2c(-c5ccccc5)cccc2-c2ccccc2)c2ccccc2B4c2cc4c(cc2S3)N(c2ccccc2-c2ccccc2)c2cc(N(c3ccccc3)c3ccccc3)cc3c2B4c2ccccc2S3)cc1. The molecule has 0 fully saturated rings. The molecular formula is C78H51B2N3S2. The zero-order valence-corrected chi connectivity index (χ0v) is 47.9. The van der Waals surface area contributed by atoms with E-state index >= 15 is 0 Å². The van der Waals surface area contributed by atoms with Crippen LogP contribution < -0.4 is 47.5 Å². The number of hydrogen-bond donors (Lipinski definition) is 0. The Morgan fingerprint density at radius 3 is 1.35 bits per heavy atom. The minimum absolute atomic E-state index is 0.0494. The molecule has 4 aliphatic rings. The topological polar surface area (TPSA) is 9.72 Å². The molecule has 0 saturated heterocycles. The lowest BCUT2D eigenvalue weighted by Gasteiger charge is -2.44. The van der Waals surface area contributed by atoms with Gasteiger partial charge in [-0.15, -0.1) is 0 Å². The van der Waals surface area contributed by atoms with Crippen LogP contribution in [0.1, 0.15) is 0 Å². The van der Waals surface area contributed by atoms with E-state index in [1.54, 1.807) is 0 Å². The number of rotatable bonds is 9. The summed E-state index contributed by atoms with van der Waals surface area (Å²) in [5.41, 5.74) is 27.8. The minimum atomic E-state index is -0.0697. The number of nitrogens with zero attached hydrogens (tertiary/aromatic N) is 3. The normalized spacial score (nSPS) is 13.0. The van der Waals surface area contributed by atoms with Crippen molar-refractivity contribution in [2.45, 2.75) is 19.6 Å². The molecule has 0 aliphatic carbocycles. The summed E-state index contributed by atoms with van der Waals surface area (Å²) in [5, 5.41) is 0. The number of para-hydroxylation sites is 5. The zero-order chi connectivity index (χ0) is 56.0. The first-order valence-corrected chi connectivity index (χ1v) is 30.8. The third-order valence-corrected chi connectivity index (χ3v) is 19.8. The van der Waals surface area contributed by atoms with E-state index in [0.29, 0.717) is 0 Å². The molecule has 0 radical (unpaired) electrons. The van der Waals surface area contributed by atoms with Crippen LogP contribution in [-0.2, 0) is 0 Å². The van der Waals surface area contributed by atoms with Crippen LogP contribution in [0.4, 0.5) is 51.2 Å². The summed E-state index contributed by atoms with van der Waals surface area (Å²) in [6.45, 7) is -0.119. The third kappa shape index (κ3) is 8.17. The van der Waals surface area contributed by atoms with E-state index in [0.717, 1.165) is 22.7 Å². The average Bonchev–Trinajstić information content (AvgIpc) is 1.04. The standard InChI is InChI=1S/C78H51B2N3S2/c1-7-26-52(27-8-1)56-46-70-76-74(47-56)85-73-51-69-65(50-66(73)79(76)63-41-20-23-44-68(63)83(70)78-61(54-30-11-3-12-31-54)39-25-40-62(78)55-32-13-4-14-33-55)80-64-42-21-24-45-72(64)84-75-49-59(81(57-34-15-5-16-35-57)58-36-17-6-18-37-58)48-71(77(75)80)82(69)67-43-22-19-38-60(67)53-28-9-2-10-29-53/h1-51H. The van der Waals surface area contributed by atoms with E-state index < -0.39 is 0 Å². The molecule has 0 saturated carbocycles. The molecule has 85 heavy (non-hydrogen) atoms. The molecule has 0 aromatic heterocycles. The highest BCUT2D eigenvalue weighted by Crippen LogP contribution is 2.53. The highest BCUT2D eigenvalue weighted by molar-refractivity contribution is 8.00. The summed E-state index contributed by atoms with van der Waals surface area (Å²) in [5.74, 6) is 0. The summed E-state index contributed by atoms with van der Waals surface area (Å²) in [7, 11) is 0. The molecule has 3 nitrogen and oxygen atoms in total. The van der Waals surface area contributed by atoms with Crippen LogP contribution in [0.2, 0.25) is 0 Å². The minimum Gasteiger partial charge on any atom is -0.311 e.